The van der Waals surface area contributed by atoms with Crippen LogP contribution in [0, 0.1) is 0 Å². The number of rotatable bonds is 11. The first-order valence-corrected chi connectivity index (χ1v) is 14.7. The van der Waals surface area contributed by atoms with E-state index in [1.54, 1.807) is 0 Å². The fourth-order valence-electron chi connectivity index (χ4n) is 4.92. The summed E-state index contributed by atoms with van der Waals surface area (Å²) in [5.41, 5.74) is 2.97. The summed E-state index contributed by atoms with van der Waals surface area (Å²) >= 11 is 0. The zero-order valence-corrected chi connectivity index (χ0v) is 23.4. The third-order valence-corrected chi connectivity index (χ3v) is 12.1. The van der Waals surface area contributed by atoms with E-state index in [4.69, 9.17) is 9.16 Å². The molecule has 0 radical (unpaired) electrons. The molecule has 2 aromatic rings. The van der Waals surface area contributed by atoms with Gasteiger partial charge in [-0.05, 0) is 68.8 Å². The van der Waals surface area contributed by atoms with Crippen LogP contribution in [0.4, 0.5) is 0 Å². The fourth-order valence-corrected chi connectivity index (χ4v) is 9.41. The summed E-state index contributed by atoms with van der Waals surface area (Å²) in [6, 6.07) is 21.8. The standard InChI is InChI=1S/C31H44O2Si/c1-25(21-22-29-31(6,7)33-29)15-14-16-26(2)23-24-32-34(30(3,4)5,27-17-10-8-11-18-27)28-19-12-9-13-20-28/h8-13,15,17-20,23,29H,14,16,21-22,24H2,1-7H3/b25-15+,26-23+. The van der Waals surface area contributed by atoms with Crippen LogP contribution in [-0.2, 0) is 9.16 Å². The Morgan fingerprint density at radius 1 is 0.882 bits per heavy atom. The number of benzene rings is 2. The summed E-state index contributed by atoms with van der Waals surface area (Å²) in [5, 5.41) is 2.68. The Bertz CT molecular complexity index is 928. The highest BCUT2D eigenvalue weighted by Gasteiger charge is 2.50. The average molecular weight is 477 g/mol. The Balaban J connectivity index is 1.65. The van der Waals surface area contributed by atoms with Crippen LogP contribution in [0.15, 0.2) is 84.0 Å². The molecule has 1 saturated heterocycles. The van der Waals surface area contributed by atoms with E-state index in [1.807, 2.05) is 0 Å². The van der Waals surface area contributed by atoms with E-state index in [-0.39, 0.29) is 10.6 Å². The predicted octanol–water partition coefficient (Wildman–Crippen LogP) is 7.19. The summed E-state index contributed by atoms with van der Waals surface area (Å²) in [6.45, 7) is 16.5. The maximum atomic E-state index is 6.99. The van der Waals surface area contributed by atoms with E-state index >= 15 is 0 Å². The minimum atomic E-state index is -2.46. The van der Waals surface area contributed by atoms with E-state index in [0.29, 0.717) is 12.7 Å². The molecule has 2 nitrogen and oxygen atoms in total. The van der Waals surface area contributed by atoms with Crippen LogP contribution in [-0.4, -0.2) is 26.6 Å². The SMILES string of the molecule is C/C(=C\CO[Si](c1ccccc1)(c1ccccc1)C(C)(C)C)CC/C=C(\C)CCC1OC1(C)C. The molecule has 1 heterocycles. The van der Waals surface area contributed by atoms with Crippen LogP contribution >= 0.6 is 0 Å². The second kappa shape index (κ2) is 11.2. The van der Waals surface area contributed by atoms with Crippen LogP contribution in [0.2, 0.25) is 5.04 Å². The van der Waals surface area contributed by atoms with Gasteiger partial charge in [-0.15, -0.1) is 0 Å². The quantitative estimate of drug-likeness (QED) is 0.194. The molecule has 0 bridgehead atoms. The van der Waals surface area contributed by atoms with Crippen molar-refractivity contribution in [1.29, 1.82) is 0 Å². The number of hydrogen-bond acceptors (Lipinski definition) is 2. The molecule has 0 aliphatic carbocycles. The number of epoxide rings is 1. The van der Waals surface area contributed by atoms with Crippen LogP contribution in [0.5, 0.6) is 0 Å². The normalized spacial score (nSPS) is 18.7. The Morgan fingerprint density at radius 3 is 1.85 bits per heavy atom. The second-order valence-electron chi connectivity index (χ2n) is 11.4. The summed E-state index contributed by atoms with van der Waals surface area (Å²) in [4.78, 5) is 0. The molecule has 3 rings (SSSR count). The van der Waals surface area contributed by atoms with Crippen molar-refractivity contribution in [3.8, 4) is 0 Å². The zero-order valence-electron chi connectivity index (χ0n) is 22.4. The smallest absolute Gasteiger partial charge is 0.261 e. The summed E-state index contributed by atoms with van der Waals surface area (Å²) < 4.78 is 12.7. The molecule has 0 N–H and O–H groups in total. The summed E-state index contributed by atoms with van der Waals surface area (Å²) in [6.07, 6.45) is 9.56. The van der Waals surface area contributed by atoms with Gasteiger partial charge < -0.3 is 9.16 Å². The van der Waals surface area contributed by atoms with Gasteiger partial charge in [0, 0.05) is 0 Å². The summed E-state index contributed by atoms with van der Waals surface area (Å²) in [5.74, 6) is 0. The molecular weight excluding hydrogens is 432 g/mol. The Labute approximate surface area is 209 Å². The Hall–Kier alpha value is -1.94. The largest absolute Gasteiger partial charge is 0.404 e. The van der Waals surface area contributed by atoms with E-state index in [2.05, 4.69) is 121 Å². The topological polar surface area (TPSA) is 21.8 Å². The van der Waals surface area contributed by atoms with Gasteiger partial charge in [-0.3, -0.25) is 0 Å². The van der Waals surface area contributed by atoms with Crippen molar-refractivity contribution in [2.45, 2.75) is 90.9 Å². The number of allylic oxidation sites excluding steroid dienone is 3. The molecule has 1 atom stereocenters. The van der Waals surface area contributed by atoms with Gasteiger partial charge in [0.2, 0.25) is 0 Å². The first-order valence-electron chi connectivity index (χ1n) is 12.8. The highest BCUT2D eigenvalue weighted by atomic mass is 28.4. The molecule has 1 fully saturated rings. The van der Waals surface area contributed by atoms with Gasteiger partial charge in [0.05, 0.1) is 18.3 Å². The molecule has 1 aliphatic heterocycles. The number of ether oxygens (including phenoxy) is 1. The molecule has 1 unspecified atom stereocenters. The molecule has 1 aliphatic rings. The lowest BCUT2D eigenvalue weighted by Crippen LogP contribution is -2.66. The van der Waals surface area contributed by atoms with Crippen molar-refractivity contribution in [1.82, 2.24) is 0 Å². The van der Waals surface area contributed by atoms with E-state index in [0.717, 1.165) is 25.7 Å². The van der Waals surface area contributed by atoms with Crippen molar-refractivity contribution in [3.63, 3.8) is 0 Å². The molecular formula is C31H44O2Si. The lowest BCUT2D eigenvalue weighted by atomic mass is 10.0. The highest BCUT2D eigenvalue weighted by Crippen LogP contribution is 2.39. The maximum Gasteiger partial charge on any atom is 0.261 e. The summed E-state index contributed by atoms with van der Waals surface area (Å²) in [7, 11) is -2.46. The van der Waals surface area contributed by atoms with Gasteiger partial charge in [0.1, 0.15) is 0 Å². The van der Waals surface area contributed by atoms with Crippen LogP contribution < -0.4 is 10.4 Å². The molecule has 2 aromatic carbocycles. The van der Waals surface area contributed by atoms with Gasteiger partial charge in [-0.2, -0.15) is 0 Å². The van der Waals surface area contributed by atoms with Crippen molar-refractivity contribution < 1.29 is 9.16 Å². The van der Waals surface area contributed by atoms with Gasteiger partial charge in [0.25, 0.3) is 8.32 Å². The zero-order chi connectivity index (χ0) is 24.8. The molecule has 0 saturated carbocycles. The average Bonchev–Trinajstić information content (AvgIpc) is 3.42. The van der Waals surface area contributed by atoms with Gasteiger partial charge in [0.15, 0.2) is 0 Å². The Kier molecular flexibility index (Phi) is 8.78. The highest BCUT2D eigenvalue weighted by molar-refractivity contribution is 6.99. The molecule has 3 heteroatoms. The molecule has 0 spiro atoms. The van der Waals surface area contributed by atoms with Gasteiger partial charge in [-0.25, -0.2) is 0 Å². The van der Waals surface area contributed by atoms with Crippen LogP contribution in [0.3, 0.4) is 0 Å². The first-order chi connectivity index (χ1) is 16.1. The maximum absolute atomic E-state index is 6.99. The lowest BCUT2D eigenvalue weighted by molar-refractivity contribution is 0.320. The van der Waals surface area contributed by atoms with Crippen molar-refractivity contribution in [2.24, 2.45) is 0 Å². The van der Waals surface area contributed by atoms with Crippen molar-refractivity contribution in [3.05, 3.63) is 84.0 Å². The van der Waals surface area contributed by atoms with Crippen molar-refractivity contribution >= 4 is 18.7 Å². The monoisotopic (exact) mass is 476 g/mol. The fraction of sp³-hybridized carbons (Fsp3) is 0.484. The predicted molar refractivity (Wildman–Crippen MR) is 149 cm³/mol. The third kappa shape index (κ3) is 6.59. The number of hydrogen-bond donors (Lipinski definition) is 0. The van der Waals surface area contributed by atoms with E-state index < -0.39 is 8.32 Å². The van der Waals surface area contributed by atoms with E-state index in [1.165, 1.54) is 21.5 Å². The van der Waals surface area contributed by atoms with Crippen LogP contribution in [0.1, 0.15) is 74.1 Å². The first kappa shape index (κ1) is 26.7. The molecule has 0 aromatic heterocycles. The molecule has 34 heavy (non-hydrogen) atoms. The second-order valence-corrected chi connectivity index (χ2v) is 15.7. The lowest BCUT2D eigenvalue weighted by Gasteiger charge is -2.42. The van der Waals surface area contributed by atoms with Crippen LogP contribution in [0.25, 0.3) is 0 Å². The Morgan fingerprint density at radius 2 is 1.38 bits per heavy atom. The van der Waals surface area contributed by atoms with E-state index in [9.17, 15) is 0 Å². The van der Waals surface area contributed by atoms with Crippen molar-refractivity contribution in [2.75, 3.05) is 6.61 Å². The molecule has 184 valence electrons. The molecule has 0 amide bonds. The van der Waals surface area contributed by atoms with Gasteiger partial charge >= 0.3 is 0 Å². The van der Waals surface area contributed by atoms with Gasteiger partial charge in [-0.1, -0.05) is 105 Å². The third-order valence-electron chi connectivity index (χ3n) is 7.14. The minimum Gasteiger partial charge on any atom is -0.404 e. The minimum absolute atomic E-state index is 0.0111.